The lowest BCUT2D eigenvalue weighted by Gasteiger charge is -2.32. The van der Waals surface area contributed by atoms with Crippen molar-refractivity contribution in [2.24, 2.45) is 0 Å². The Hall–Kier alpha value is -2.97. The maximum atomic E-state index is 12.9. The predicted octanol–water partition coefficient (Wildman–Crippen LogP) is 3.57. The average Bonchev–Trinajstić information content (AvgIpc) is 3.33. The van der Waals surface area contributed by atoms with Crippen LogP contribution in [0.3, 0.4) is 0 Å². The minimum absolute atomic E-state index is 0.00128. The van der Waals surface area contributed by atoms with E-state index in [0.29, 0.717) is 18.7 Å². The highest BCUT2D eigenvalue weighted by molar-refractivity contribution is 7.89. The van der Waals surface area contributed by atoms with Gasteiger partial charge in [-0.25, -0.2) is 8.42 Å². The Morgan fingerprint density at radius 1 is 1.10 bits per heavy atom. The Labute approximate surface area is 182 Å². The molecule has 2 heterocycles. The highest BCUT2D eigenvalue weighted by atomic mass is 32.2. The number of carbonyl (C=O) groups is 1. The number of nitrogens with zero attached hydrogens (tertiary/aromatic N) is 2. The van der Waals surface area contributed by atoms with E-state index in [9.17, 15) is 13.2 Å². The minimum atomic E-state index is -3.54. The summed E-state index contributed by atoms with van der Waals surface area (Å²) < 4.78 is 27.4. The lowest BCUT2D eigenvalue weighted by molar-refractivity contribution is 0.0951. The number of hydrogen-bond donors (Lipinski definition) is 2. The molecule has 1 amide bonds. The van der Waals surface area contributed by atoms with Gasteiger partial charge in [-0.15, -0.1) is 0 Å². The van der Waals surface area contributed by atoms with E-state index >= 15 is 0 Å². The second kappa shape index (κ2) is 9.03. The molecule has 7 nitrogen and oxygen atoms in total. The lowest BCUT2D eigenvalue weighted by Crippen LogP contribution is -2.41. The molecule has 1 fully saturated rings. The number of aromatic amines is 1. The van der Waals surface area contributed by atoms with Gasteiger partial charge in [0.15, 0.2) is 0 Å². The number of sulfonamides is 1. The highest BCUT2D eigenvalue weighted by Crippen LogP contribution is 2.25. The van der Waals surface area contributed by atoms with Gasteiger partial charge in [0.25, 0.3) is 5.91 Å². The number of benzene rings is 2. The fourth-order valence-corrected chi connectivity index (χ4v) is 5.55. The van der Waals surface area contributed by atoms with Gasteiger partial charge < -0.3 is 5.32 Å². The number of aromatic nitrogens is 2. The van der Waals surface area contributed by atoms with Crippen molar-refractivity contribution in [3.05, 3.63) is 71.9 Å². The van der Waals surface area contributed by atoms with E-state index in [1.807, 2.05) is 37.3 Å². The van der Waals surface area contributed by atoms with Crippen LogP contribution in [0.5, 0.6) is 0 Å². The van der Waals surface area contributed by atoms with Crippen molar-refractivity contribution >= 4 is 15.9 Å². The zero-order valence-electron chi connectivity index (χ0n) is 17.4. The van der Waals surface area contributed by atoms with Crippen molar-refractivity contribution in [3.8, 4) is 11.3 Å². The molecule has 1 atom stereocenters. The Bertz CT molecular complexity index is 1120. The van der Waals surface area contributed by atoms with Crippen LogP contribution in [0.25, 0.3) is 11.3 Å². The van der Waals surface area contributed by atoms with Crippen LogP contribution in [0.2, 0.25) is 0 Å². The lowest BCUT2D eigenvalue weighted by atomic mass is 10.1. The Morgan fingerprint density at radius 2 is 1.84 bits per heavy atom. The Morgan fingerprint density at radius 3 is 2.48 bits per heavy atom. The third-order valence-electron chi connectivity index (χ3n) is 5.68. The number of carbonyl (C=O) groups excluding carboxylic acids is 1. The molecule has 2 N–H and O–H groups in total. The molecule has 162 valence electrons. The third-order valence-corrected chi connectivity index (χ3v) is 7.71. The fourth-order valence-electron chi connectivity index (χ4n) is 3.85. The predicted molar refractivity (Wildman–Crippen MR) is 119 cm³/mol. The van der Waals surface area contributed by atoms with Crippen LogP contribution in [0.1, 0.15) is 42.1 Å². The second-order valence-electron chi connectivity index (χ2n) is 7.83. The summed E-state index contributed by atoms with van der Waals surface area (Å²) in [5, 5.41) is 9.74. The maximum absolute atomic E-state index is 12.9. The van der Waals surface area contributed by atoms with Crippen LogP contribution in [0.15, 0.2) is 65.7 Å². The number of hydrogen-bond acceptors (Lipinski definition) is 4. The summed E-state index contributed by atoms with van der Waals surface area (Å²) in [5.74, 6) is -0.243. The first-order valence-corrected chi connectivity index (χ1v) is 11.9. The van der Waals surface area contributed by atoms with Crippen molar-refractivity contribution in [2.75, 3.05) is 6.54 Å². The molecular formula is C23H26N4O3S. The van der Waals surface area contributed by atoms with Crippen molar-refractivity contribution < 1.29 is 13.2 Å². The molecule has 0 spiro atoms. The van der Waals surface area contributed by atoms with E-state index in [-0.39, 0.29) is 16.8 Å². The summed E-state index contributed by atoms with van der Waals surface area (Å²) in [7, 11) is -3.54. The van der Waals surface area contributed by atoms with Gasteiger partial charge in [0, 0.05) is 30.9 Å². The SMILES string of the molecule is CC1CCCCN1S(=O)(=O)c1ccc(C(=O)NCc2ccc(-c3ccn[nH]3)cc2)cc1. The molecule has 1 unspecified atom stereocenters. The Balaban J connectivity index is 1.38. The second-order valence-corrected chi connectivity index (χ2v) is 9.73. The number of rotatable bonds is 6. The first-order chi connectivity index (χ1) is 14.9. The number of amides is 1. The molecule has 1 saturated heterocycles. The van der Waals surface area contributed by atoms with Gasteiger partial charge in [-0.3, -0.25) is 9.89 Å². The molecule has 31 heavy (non-hydrogen) atoms. The van der Waals surface area contributed by atoms with Crippen LogP contribution in [0, 0.1) is 0 Å². The fraction of sp³-hybridized carbons (Fsp3) is 0.304. The van der Waals surface area contributed by atoms with Crippen LogP contribution in [-0.2, 0) is 16.6 Å². The summed E-state index contributed by atoms with van der Waals surface area (Å²) in [4.78, 5) is 12.7. The van der Waals surface area contributed by atoms with Crippen LogP contribution in [0.4, 0.5) is 0 Å². The first kappa shape index (κ1) is 21.3. The molecule has 2 aromatic carbocycles. The first-order valence-electron chi connectivity index (χ1n) is 10.4. The molecule has 1 aliphatic heterocycles. The highest BCUT2D eigenvalue weighted by Gasteiger charge is 2.30. The molecule has 4 rings (SSSR count). The summed E-state index contributed by atoms with van der Waals surface area (Å²) in [6.07, 6.45) is 4.51. The van der Waals surface area contributed by atoms with Gasteiger partial charge in [-0.1, -0.05) is 30.7 Å². The smallest absolute Gasteiger partial charge is 0.251 e. The van der Waals surface area contributed by atoms with Crippen molar-refractivity contribution in [1.82, 2.24) is 19.8 Å². The van der Waals surface area contributed by atoms with Gasteiger partial charge in [0.05, 0.1) is 10.6 Å². The van der Waals surface area contributed by atoms with Gasteiger partial charge >= 0.3 is 0 Å². The van der Waals surface area contributed by atoms with Crippen molar-refractivity contribution in [2.45, 2.75) is 43.7 Å². The summed E-state index contributed by atoms with van der Waals surface area (Å²) in [5.41, 5.74) is 3.35. The van der Waals surface area contributed by atoms with Crippen LogP contribution in [-0.4, -0.2) is 41.4 Å². The molecule has 0 radical (unpaired) electrons. The average molecular weight is 439 g/mol. The molecule has 0 saturated carbocycles. The van der Waals surface area contributed by atoms with E-state index in [2.05, 4.69) is 15.5 Å². The van der Waals surface area contributed by atoms with E-state index in [0.717, 1.165) is 36.1 Å². The van der Waals surface area contributed by atoms with E-state index < -0.39 is 10.0 Å². The van der Waals surface area contributed by atoms with Gasteiger partial charge in [0.2, 0.25) is 10.0 Å². The van der Waals surface area contributed by atoms with E-state index in [1.54, 1.807) is 22.6 Å². The number of nitrogens with one attached hydrogen (secondary N) is 2. The van der Waals surface area contributed by atoms with Crippen molar-refractivity contribution in [1.29, 1.82) is 0 Å². The molecule has 1 aromatic heterocycles. The number of H-pyrrole nitrogens is 1. The normalized spacial score (nSPS) is 17.4. The van der Waals surface area contributed by atoms with E-state index in [1.165, 1.54) is 12.1 Å². The summed E-state index contributed by atoms with van der Waals surface area (Å²) in [6.45, 7) is 2.87. The summed E-state index contributed by atoms with van der Waals surface area (Å²) in [6, 6.07) is 15.9. The monoisotopic (exact) mass is 438 g/mol. The van der Waals surface area contributed by atoms with Crippen molar-refractivity contribution in [3.63, 3.8) is 0 Å². The van der Waals surface area contributed by atoms with Crippen LogP contribution >= 0.6 is 0 Å². The quantitative estimate of drug-likeness (QED) is 0.615. The largest absolute Gasteiger partial charge is 0.348 e. The van der Waals surface area contributed by atoms with Crippen LogP contribution < -0.4 is 5.32 Å². The Kier molecular flexibility index (Phi) is 6.20. The molecule has 1 aliphatic rings. The topological polar surface area (TPSA) is 95.2 Å². The van der Waals surface area contributed by atoms with Gasteiger partial charge in [-0.05, 0) is 61.2 Å². The third kappa shape index (κ3) is 4.70. The van der Waals surface area contributed by atoms with Gasteiger partial charge in [0.1, 0.15) is 0 Å². The zero-order valence-corrected chi connectivity index (χ0v) is 18.2. The summed E-state index contributed by atoms with van der Waals surface area (Å²) >= 11 is 0. The standard InChI is InChI=1S/C23H26N4O3S/c1-17-4-2-3-15-27(17)31(29,30)21-11-9-20(10-12-21)23(28)24-16-18-5-7-19(8-6-18)22-13-14-25-26-22/h5-14,17H,2-4,15-16H2,1H3,(H,24,28)(H,25,26). The van der Waals surface area contributed by atoms with E-state index in [4.69, 9.17) is 0 Å². The molecular weight excluding hydrogens is 412 g/mol. The minimum Gasteiger partial charge on any atom is -0.348 e. The maximum Gasteiger partial charge on any atom is 0.251 e. The van der Waals surface area contributed by atoms with Gasteiger partial charge in [-0.2, -0.15) is 9.40 Å². The zero-order chi connectivity index (χ0) is 21.8. The molecule has 8 heteroatoms. The molecule has 3 aromatic rings. The number of piperidine rings is 1. The molecule has 0 bridgehead atoms. The molecule has 0 aliphatic carbocycles.